The Bertz CT molecular complexity index is 1210. The molecule has 0 unspecified atom stereocenters. The molecule has 8 heteroatoms. The van der Waals surface area contributed by atoms with E-state index < -0.39 is 0 Å². The van der Waals surface area contributed by atoms with E-state index in [0.717, 1.165) is 12.8 Å². The van der Waals surface area contributed by atoms with Gasteiger partial charge in [-0.05, 0) is 48.6 Å². The number of nitrogens with one attached hydrogen (secondary N) is 1. The number of hydrogen-bond donors (Lipinski definition) is 1. The van der Waals surface area contributed by atoms with Gasteiger partial charge in [0.25, 0.3) is 11.5 Å². The highest BCUT2D eigenvalue weighted by atomic mass is 32.2. The van der Waals surface area contributed by atoms with E-state index in [1.165, 1.54) is 17.8 Å². The smallest absolute Gasteiger partial charge is 0.262 e. The predicted molar refractivity (Wildman–Crippen MR) is 128 cm³/mol. The number of rotatable bonds is 8. The van der Waals surface area contributed by atoms with Gasteiger partial charge in [0.1, 0.15) is 5.82 Å². The first-order valence-corrected chi connectivity index (χ1v) is 12.2. The zero-order chi connectivity index (χ0) is 23.4. The summed E-state index contributed by atoms with van der Waals surface area (Å²) < 4.78 is 21.5. The Balaban J connectivity index is 1.69. The van der Waals surface area contributed by atoms with E-state index in [-0.39, 0.29) is 23.4 Å². The summed E-state index contributed by atoms with van der Waals surface area (Å²) in [4.78, 5) is 30.6. The maximum absolute atomic E-state index is 14.2. The average Bonchev–Trinajstić information content (AvgIpc) is 3.32. The van der Waals surface area contributed by atoms with Gasteiger partial charge in [-0.2, -0.15) is 0 Å². The second-order valence-corrected chi connectivity index (χ2v) is 9.60. The molecule has 1 aliphatic heterocycles. The monoisotopic (exact) mass is 469 g/mol. The Morgan fingerprint density at radius 3 is 2.85 bits per heavy atom. The lowest BCUT2D eigenvalue weighted by atomic mass is 10.1. The van der Waals surface area contributed by atoms with Crippen LogP contribution >= 0.6 is 11.8 Å². The third-order valence-electron chi connectivity index (χ3n) is 5.58. The lowest BCUT2D eigenvalue weighted by Gasteiger charge is -2.17. The Morgan fingerprint density at radius 2 is 2.12 bits per heavy atom. The van der Waals surface area contributed by atoms with Gasteiger partial charge >= 0.3 is 0 Å². The van der Waals surface area contributed by atoms with Crippen molar-refractivity contribution in [2.24, 2.45) is 5.92 Å². The molecule has 1 atom stereocenters. The average molecular weight is 470 g/mol. The van der Waals surface area contributed by atoms with E-state index in [4.69, 9.17) is 9.72 Å². The van der Waals surface area contributed by atoms with Crippen LogP contribution in [0.1, 0.15) is 42.6 Å². The van der Waals surface area contributed by atoms with Crippen LogP contribution in [0.25, 0.3) is 10.9 Å². The summed E-state index contributed by atoms with van der Waals surface area (Å²) in [7, 11) is 0. The van der Waals surface area contributed by atoms with Gasteiger partial charge in [-0.25, -0.2) is 9.37 Å². The summed E-state index contributed by atoms with van der Waals surface area (Å²) in [5, 5.41) is 3.83. The second-order valence-electron chi connectivity index (χ2n) is 8.66. The minimum absolute atomic E-state index is 0.0455. The second kappa shape index (κ2) is 10.5. The van der Waals surface area contributed by atoms with Gasteiger partial charge < -0.3 is 10.1 Å². The summed E-state index contributed by atoms with van der Waals surface area (Å²) >= 11 is 1.31. The molecule has 1 amide bonds. The molecule has 174 valence electrons. The Hall–Kier alpha value is -2.71. The number of hydrogen-bond acceptors (Lipinski definition) is 5. The van der Waals surface area contributed by atoms with Gasteiger partial charge in [-0.1, -0.05) is 43.8 Å². The zero-order valence-electron chi connectivity index (χ0n) is 18.8. The van der Waals surface area contributed by atoms with Crippen molar-refractivity contribution in [2.45, 2.75) is 50.2 Å². The molecule has 1 fully saturated rings. The van der Waals surface area contributed by atoms with Gasteiger partial charge in [-0.3, -0.25) is 14.2 Å². The number of halogens is 1. The molecule has 33 heavy (non-hydrogen) atoms. The van der Waals surface area contributed by atoms with Crippen molar-refractivity contribution in [1.82, 2.24) is 14.9 Å². The summed E-state index contributed by atoms with van der Waals surface area (Å²) in [6.07, 6.45) is 1.81. The Kier molecular flexibility index (Phi) is 7.45. The van der Waals surface area contributed by atoms with Crippen LogP contribution in [0.15, 0.2) is 52.4 Å². The molecule has 2 aromatic carbocycles. The van der Waals surface area contributed by atoms with E-state index in [1.54, 1.807) is 41.0 Å². The first kappa shape index (κ1) is 23.4. The minimum Gasteiger partial charge on any atom is -0.376 e. The van der Waals surface area contributed by atoms with Crippen LogP contribution in [0.2, 0.25) is 0 Å². The summed E-state index contributed by atoms with van der Waals surface area (Å²) in [5.74, 6) is 0.184. The van der Waals surface area contributed by atoms with Crippen molar-refractivity contribution in [3.8, 4) is 0 Å². The van der Waals surface area contributed by atoms with Crippen LogP contribution in [0.4, 0.5) is 4.39 Å². The highest BCUT2D eigenvalue weighted by molar-refractivity contribution is 7.98. The number of thioether (sulfide) groups is 1. The molecule has 4 rings (SSSR count). The first-order valence-electron chi connectivity index (χ1n) is 11.2. The molecular formula is C25H28FN3O3S. The highest BCUT2D eigenvalue weighted by Crippen LogP contribution is 2.25. The largest absolute Gasteiger partial charge is 0.376 e. The minimum atomic E-state index is -0.289. The molecule has 3 aromatic rings. The number of benzene rings is 2. The van der Waals surface area contributed by atoms with E-state index in [0.29, 0.717) is 58.6 Å². The van der Waals surface area contributed by atoms with Gasteiger partial charge in [0.05, 0.1) is 23.6 Å². The van der Waals surface area contributed by atoms with Gasteiger partial charge in [0, 0.05) is 24.5 Å². The molecule has 0 bridgehead atoms. The molecule has 1 aliphatic rings. The van der Waals surface area contributed by atoms with Crippen molar-refractivity contribution in [2.75, 3.05) is 13.2 Å². The Labute approximate surface area is 196 Å². The highest BCUT2D eigenvalue weighted by Gasteiger charge is 2.21. The third-order valence-corrected chi connectivity index (χ3v) is 6.60. The van der Waals surface area contributed by atoms with Crippen molar-refractivity contribution >= 4 is 28.6 Å². The fourth-order valence-corrected chi connectivity index (χ4v) is 4.76. The predicted octanol–water partition coefficient (Wildman–Crippen LogP) is 4.39. The molecule has 0 spiro atoms. The number of aromatic nitrogens is 2. The topological polar surface area (TPSA) is 73.2 Å². The normalized spacial score (nSPS) is 15.9. The van der Waals surface area contributed by atoms with Gasteiger partial charge in [0.15, 0.2) is 5.16 Å². The maximum Gasteiger partial charge on any atom is 0.262 e. The van der Waals surface area contributed by atoms with Crippen molar-refractivity contribution < 1.29 is 13.9 Å². The van der Waals surface area contributed by atoms with E-state index >= 15 is 0 Å². The molecule has 0 aliphatic carbocycles. The lowest BCUT2D eigenvalue weighted by molar-refractivity contribution is 0.0937. The SMILES string of the molecule is CC(C)CNC(=O)c1ccc2c(=O)n(C[C@@H]3CCCO3)c(SCc3ccccc3F)nc2c1. The van der Waals surface area contributed by atoms with E-state index in [2.05, 4.69) is 5.32 Å². The standard InChI is InChI=1S/C25H28FN3O3S/c1-16(2)13-27-23(30)17-9-10-20-22(12-17)28-25(33-15-18-6-3-4-8-21(18)26)29(24(20)31)14-19-7-5-11-32-19/h3-4,6,8-10,12,16,19H,5,7,11,13-15H2,1-2H3,(H,27,30)/t19-/m0/s1. The molecule has 0 saturated carbocycles. The van der Waals surface area contributed by atoms with Crippen molar-refractivity contribution in [3.05, 3.63) is 69.8 Å². The van der Waals surface area contributed by atoms with Crippen molar-refractivity contribution in [1.29, 1.82) is 0 Å². The number of ether oxygens (including phenoxy) is 1. The van der Waals surface area contributed by atoms with E-state index in [9.17, 15) is 14.0 Å². The first-order chi connectivity index (χ1) is 15.9. The van der Waals surface area contributed by atoms with Gasteiger partial charge in [-0.15, -0.1) is 0 Å². The number of carbonyl (C=O) groups is 1. The number of fused-ring (bicyclic) bond motifs is 1. The van der Waals surface area contributed by atoms with Crippen LogP contribution < -0.4 is 10.9 Å². The molecule has 1 aromatic heterocycles. The number of carbonyl (C=O) groups excluding carboxylic acids is 1. The summed E-state index contributed by atoms with van der Waals surface area (Å²) in [6, 6.07) is 11.5. The molecule has 6 nitrogen and oxygen atoms in total. The zero-order valence-corrected chi connectivity index (χ0v) is 19.7. The Morgan fingerprint density at radius 1 is 1.30 bits per heavy atom. The molecule has 0 radical (unpaired) electrons. The fraction of sp³-hybridized carbons (Fsp3) is 0.400. The lowest BCUT2D eigenvalue weighted by Crippen LogP contribution is -2.29. The molecule has 2 heterocycles. The number of nitrogens with zero attached hydrogens (tertiary/aromatic N) is 2. The van der Waals surface area contributed by atoms with Crippen LogP contribution in [-0.4, -0.2) is 34.7 Å². The molecule has 1 N–H and O–H groups in total. The molecule has 1 saturated heterocycles. The summed E-state index contributed by atoms with van der Waals surface area (Å²) in [5.41, 5.74) is 1.27. The third kappa shape index (κ3) is 5.62. The number of amides is 1. The fourth-order valence-electron chi connectivity index (χ4n) is 3.76. The van der Waals surface area contributed by atoms with Crippen molar-refractivity contribution in [3.63, 3.8) is 0 Å². The van der Waals surface area contributed by atoms with Crippen LogP contribution in [0.5, 0.6) is 0 Å². The molecular weight excluding hydrogens is 441 g/mol. The summed E-state index contributed by atoms with van der Waals surface area (Å²) in [6.45, 7) is 5.71. The maximum atomic E-state index is 14.2. The quantitative estimate of drug-likeness (QED) is 0.391. The van der Waals surface area contributed by atoms with Crippen LogP contribution in [-0.2, 0) is 17.0 Å². The van der Waals surface area contributed by atoms with Gasteiger partial charge in [0.2, 0.25) is 0 Å². The van der Waals surface area contributed by atoms with Crippen LogP contribution in [0, 0.1) is 11.7 Å². The van der Waals surface area contributed by atoms with Crippen LogP contribution in [0.3, 0.4) is 0 Å². The van der Waals surface area contributed by atoms with E-state index in [1.807, 2.05) is 13.8 Å².